The number of carbonyl (C=O) groups excluding carboxylic acids is 1. The second kappa shape index (κ2) is 7.40. The van der Waals surface area contributed by atoms with Crippen LogP contribution in [0.25, 0.3) is 5.57 Å². The Morgan fingerprint density at radius 3 is 2.24 bits per heavy atom. The number of hydrogen-bond acceptors (Lipinski definition) is 4. The Kier molecular flexibility index (Phi) is 5.05. The number of benzene rings is 2. The monoisotopic (exact) mass is 336 g/mol. The highest BCUT2D eigenvalue weighted by molar-refractivity contribution is 5.94. The van der Waals surface area contributed by atoms with Crippen molar-refractivity contribution >= 4 is 17.0 Å². The Morgan fingerprint density at radius 1 is 1.00 bits per heavy atom. The molecule has 1 fully saturated rings. The Balaban J connectivity index is 2.12. The van der Waals surface area contributed by atoms with Crippen molar-refractivity contribution in [1.29, 1.82) is 0 Å². The third-order valence-electron chi connectivity index (χ3n) is 4.49. The highest BCUT2D eigenvalue weighted by Gasteiger charge is 2.17. The summed E-state index contributed by atoms with van der Waals surface area (Å²) >= 11 is 0. The molecule has 0 aliphatic carbocycles. The van der Waals surface area contributed by atoms with Crippen LogP contribution in [0, 0.1) is 10.1 Å². The van der Waals surface area contributed by atoms with Gasteiger partial charge in [0.15, 0.2) is 5.78 Å². The van der Waals surface area contributed by atoms with Gasteiger partial charge in [0.25, 0.3) is 5.69 Å². The average Bonchev–Trinajstić information content (AvgIpc) is 2.63. The van der Waals surface area contributed by atoms with E-state index in [0.29, 0.717) is 5.56 Å². The van der Waals surface area contributed by atoms with Crippen LogP contribution in [0.1, 0.15) is 41.3 Å². The van der Waals surface area contributed by atoms with Gasteiger partial charge in [0.05, 0.1) is 4.92 Å². The van der Waals surface area contributed by atoms with Crippen LogP contribution in [0.5, 0.6) is 0 Å². The number of nitro benzene ring substituents is 1. The summed E-state index contributed by atoms with van der Waals surface area (Å²) in [5.74, 6) is 0.0259. The smallest absolute Gasteiger partial charge is 0.270 e. The fourth-order valence-corrected chi connectivity index (χ4v) is 3.20. The Hall–Kier alpha value is -2.79. The molecular weight excluding hydrogens is 316 g/mol. The lowest BCUT2D eigenvalue weighted by atomic mass is 9.88. The van der Waals surface area contributed by atoms with Gasteiger partial charge in [0, 0.05) is 17.7 Å². The number of Topliss-reactive ketones (excluding diaryl/α,β-unsaturated/α-hetero) is 1. The molecular formula is C20H20N2O3. The van der Waals surface area contributed by atoms with Gasteiger partial charge in [-0.25, -0.2) is 0 Å². The maximum atomic E-state index is 11.5. The van der Waals surface area contributed by atoms with Gasteiger partial charge in [-0.15, -0.1) is 0 Å². The number of nitro groups is 1. The van der Waals surface area contributed by atoms with Gasteiger partial charge in [-0.2, -0.15) is 0 Å². The highest BCUT2D eigenvalue weighted by atomic mass is 16.6. The number of ketones is 1. The van der Waals surface area contributed by atoms with Crippen LogP contribution in [-0.2, 0) is 0 Å². The van der Waals surface area contributed by atoms with Crippen molar-refractivity contribution in [2.45, 2.75) is 19.8 Å². The first-order valence-corrected chi connectivity index (χ1v) is 8.35. The van der Waals surface area contributed by atoms with E-state index in [1.54, 1.807) is 19.1 Å². The van der Waals surface area contributed by atoms with Crippen LogP contribution >= 0.6 is 0 Å². The van der Waals surface area contributed by atoms with Crippen molar-refractivity contribution in [3.63, 3.8) is 0 Å². The van der Waals surface area contributed by atoms with E-state index in [1.165, 1.54) is 11.6 Å². The summed E-state index contributed by atoms with van der Waals surface area (Å²) in [7, 11) is 0. The first-order chi connectivity index (χ1) is 12.1. The first-order valence-electron chi connectivity index (χ1n) is 8.35. The summed E-state index contributed by atoms with van der Waals surface area (Å²) in [6.07, 6.45) is 1.82. The van der Waals surface area contributed by atoms with E-state index in [1.807, 2.05) is 30.3 Å². The van der Waals surface area contributed by atoms with E-state index in [4.69, 9.17) is 0 Å². The van der Waals surface area contributed by atoms with E-state index < -0.39 is 0 Å². The van der Waals surface area contributed by atoms with Crippen molar-refractivity contribution in [2.24, 2.45) is 0 Å². The summed E-state index contributed by atoms with van der Waals surface area (Å²) in [4.78, 5) is 22.3. The van der Waals surface area contributed by atoms with Crippen molar-refractivity contribution in [3.8, 4) is 0 Å². The van der Waals surface area contributed by atoms with Gasteiger partial charge in [0.1, 0.15) is 0 Å². The Morgan fingerprint density at radius 2 is 1.64 bits per heavy atom. The molecule has 128 valence electrons. The normalized spacial score (nSPS) is 14.2. The fraction of sp³-hybridized carbons (Fsp3) is 0.250. The molecule has 1 aliphatic rings. The molecule has 3 rings (SSSR count). The number of piperidine rings is 1. The number of nitrogens with one attached hydrogen (secondary N) is 1. The molecule has 1 saturated heterocycles. The van der Waals surface area contributed by atoms with Gasteiger partial charge in [0.2, 0.25) is 0 Å². The van der Waals surface area contributed by atoms with Crippen molar-refractivity contribution in [1.82, 2.24) is 5.32 Å². The fourth-order valence-electron chi connectivity index (χ4n) is 3.20. The molecule has 2 aromatic carbocycles. The summed E-state index contributed by atoms with van der Waals surface area (Å²) in [6, 6.07) is 14.3. The second-order valence-electron chi connectivity index (χ2n) is 6.17. The van der Waals surface area contributed by atoms with Crippen molar-refractivity contribution < 1.29 is 9.72 Å². The predicted octanol–water partition coefficient (Wildman–Crippen LogP) is 3.98. The molecule has 1 heterocycles. The van der Waals surface area contributed by atoms with E-state index in [0.717, 1.165) is 42.6 Å². The molecule has 2 aromatic rings. The summed E-state index contributed by atoms with van der Waals surface area (Å²) < 4.78 is 0. The summed E-state index contributed by atoms with van der Waals surface area (Å²) in [5.41, 5.74) is 4.92. The van der Waals surface area contributed by atoms with Crippen molar-refractivity contribution in [3.05, 3.63) is 80.9 Å². The largest absolute Gasteiger partial charge is 0.316 e. The number of hydrogen-bond donors (Lipinski definition) is 1. The molecule has 1 N–H and O–H groups in total. The third kappa shape index (κ3) is 3.83. The standard InChI is InChI=1S/C20H20N2O3/c1-14(23)15-5-7-16(8-6-15)20(17-9-11-21-12-10-17)18-3-2-4-19(13-18)22(24)25/h2-8,13,21H,9-12H2,1H3. The zero-order chi connectivity index (χ0) is 17.8. The number of carbonyl (C=O) groups is 1. The number of non-ortho nitro benzene ring substituents is 1. The minimum atomic E-state index is -0.368. The quantitative estimate of drug-likeness (QED) is 0.521. The lowest BCUT2D eigenvalue weighted by Crippen LogP contribution is -2.23. The van der Waals surface area contributed by atoms with Crippen LogP contribution in [0.2, 0.25) is 0 Å². The molecule has 0 spiro atoms. The third-order valence-corrected chi connectivity index (χ3v) is 4.49. The Labute approximate surface area is 146 Å². The molecule has 0 aromatic heterocycles. The van der Waals surface area contributed by atoms with Crippen LogP contribution in [0.4, 0.5) is 5.69 Å². The zero-order valence-electron chi connectivity index (χ0n) is 14.1. The number of rotatable bonds is 4. The second-order valence-corrected chi connectivity index (χ2v) is 6.17. The highest BCUT2D eigenvalue weighted by Crippen LogP contribution is 2.32. The van der Waals surface area contributed by atoms with E-state index in [-0.39, 0.29) is 16.4 Å². The topological polar surface area (TPSA) is 72.2 Å². The average molecular weight is 336 g/mol. The molecule has 0 saturated carbocycles. The molecule has 0 atom stereocenters. The molecule has 0 bridgehead atoms. The van der Waals surface area contributed by atoms with E-state index >= 15 is 0 Å². The van der Waals surface area contributed by atoms with Gasteiger partial charge >= 0.3 is 0 Å². The van der Waals surface area contributed by atoms with Gasteiger partial charge in [-0.05, 0) is 49.6 Å². The van der Waals surface area contributed by atoms with Crippen molar-refractivity contribution in [2.75, 3.05) is 13.1 Å². The van der Waals surface area contributed by atoms with Crippen LogP contribution < -0.4 is 5.32 Å². The number of nitrogens with zero attached hydrogens (tertiary/aromatic N) is 1. The molecule has 5 heteroatoms. The van der Waals surface area contributed by atoms with Gasteiger partial charge < -0.3 is 5.32 Å². The lowest BCUT2D eigenvalue weighted by molar-refractivity contribution is -0.384. The first kappa shape index (κ1) is 17.0. The van der Waals surface area contributed by atoms with Crippen LogP contribution in [-0.4, -0.2) is 23.8 Å². The van der Waals surface area contributed by atoms with Gasteiger partial charge in [-0.3, -0.25) is 14.9 Å². The van der Waals surface area contributed by atoms with Gasteiger partial charge in [-0.1, -0.05) is 42.0 Å². The molecule has 0 radical (unpaired) electrons. The van der Waals surface area contributed by atoms with E-state index in [2.05, 4.69) is 5.32 Å². The molecule has 0 amide bonds. The summed E-state index contributed by atoms with van der Waals surface area (Å²) in [6.45, 7) is 3.35. The maximum absolute atomic E-state index is 11.5. The molecule has 25 heavy (non-hydrogen) atoms. The van der Waals surface area contributed by atoms with Crippen LogP contribution in [0.15, 0.2) is 54.1 Å². The minimum absolute atomic E-state index is 0.0259. The molecule has 5 nitrogen and oxygen atoms in total. The Bertz CT molecular complexity index is 830. The maximum Gasteiger partial charge on any atom is 0.270 e. The molecule has 1 aliphatic heterocycles. The predicted molar refractivity (Wildman–Crippen MR) is 97.7 cm³/mol. The molecule has 0 unspecified atom stereocenters. The zero-order valence-corrected chi connectivity index (χ0v) is 14.1. The summed E-state index contributed by atoms with van der Waals surface area (Å²) in [5, 5.41) is 14.5. The van der Waals surface area contributed by atoms with Crippen LogP contribution in [0.3, 0.4) is 0 Å². The van der Waals surface area contributed by atoms with E-state index in [9.17, 15) is 14.9 Å². The SMILES string of the molecule is CC(=O)c1ccc(C(=C2CCNCC2)c2cccc([N+](=O)[O-])c2)cc1. The lowest BCUT2D eigenvalue weighted by Gasteiger charge is -2.21. The minimum Gasteiger partial charge on any atom is -0.316 e.